The van der Waals surface area contributed by atoms with Crippen LogP contribution in [0.15, 0.2) is 59.8 Å². The van der Waals surface area contributed by atoms with Gasteiger partial charge in [-0.25, -0.2) is 0 Å². The minimum Gasteiger partial charge on any atom is -0.307 e. The Morgan fingerprint density at radius 1 is 1.14 bits per heavy atom. The molecule has 2 rings (SSSR count). The fraction of sp³-hybridized carbons (Fsp3) is 0.450. The number of nitriles is 1. The maximum Gasteiger partial charge on any atom is 0.0587 e. The second-order valence-electron chi connectivity index (χ2n) is 5.70. The summed E-state index contributed by atoms with van der Waals surface area (Å²) in [6, 6.07) is 2.69. The van der Waals surface area contributed by atoms with Gasteiger partial charge in [0.05, 0.1) is 6.07 Å². The van der Waals surface area contributed by atoms with Gasteiger partial charge >= 0.3 is 0 Å². The standard InChI is InChI=1S/C18H25N.C2H3N/c1-15(14-17-10-6-3-4-7-11-17)19-16(2)18-12-8-5-9-13-18;1-2-3/h3-4,6,8,10-13,15-16,19H,5,7,9,14H2,1-2H3;1H3. The smallest absolute Gasteiger partial charge is 0.0587 e. The lowest BCUT2D eigenvalue weighted by molar-refractivity contribution is 0.504. The molecule has 0 aliphatic heterocycles. The lowest BCUT2D eigenvalue weighted by Gasteiger charge is -2.22. The van der Waals surface area contributed by atoms with E-state index in [2.05, 4.69) is 67.8 Å². The van der Waals surface area contributed by atoms with Gasteiger partial charge in [-0.05, 0) is 45.1 Å². The highest BCUT2D eigenvalue weighted by Gasteiger charge is 2.12. The number of nitrogens with one attached hydrogen (secondary N) is 1. The van der Waals surface area contributed by atoms with E-state index in [1.54, 1.807) is 6.07 Å². The van der Waals surface area contributed by atoms with Crippen LogP contribution in [0.25, 0.3) is 0 Å². The molecule has 2 aliphatic carbocycles. The van der Waals surface area contributed by atoms with E-state index in [4.69, 9.17) is 5.26 Å². The van der Waals surface area contributed by atoms with Crippen molar-refractivity contribution in [1.29, 1.82) is 5.26 Å². The maximum atomic E-state index is 7.32. The SMILES string of the molecule is CC#N.CC(CC1=CCC=CC=C1)NC(C)C1=CCCC=C1. The highest BCUT2D eigenvalue weighted by atomic mass is 14.9. The first-order valence-corrected chi connectivity index (χ1v) is 8.13. The summed E-state index contributed by atoms with van der Waals surface area (Å²) in [5.74, 6) is 0. The Morgan fingerprint density at radius 3 is 2.59 bits per heavy atom. The van der Waals surface area contributed by atoms with E-state index in [-0.39, 0.29) is 0 Å². The number of hydrogen-bond donors (Lipinski definition) is 1. The van der Waals surface area contributed by atoms with Gasteiger partial charge in [-0.1, -0.05) is 54.2 Å². The van der Waals surface area contributed by atoms with Gasteiger partial charge in [-0.2, -0.15) is 5.26 Å². The summed E-state index contributed by atoms with van der Waals surface area (Å²) in [6.45, 7) is 5.97. The largest absolute Gasteiger partial charge is 0.307 e. The zero-order chi connectivity index (χ0) is 16.2. The topological polar surface area (TPSA) is 35.8 Å². The van der Waals surface area contributed by atoms with Crippen molar-refractivity contribution in [2.45, 2.75) is 58.5 Å². The molecule has 0 radical (unpaired) electrons. The molecule has 118 valence electrons. The molecule has 0 aromatic heterocycles. The molecule has 0 saturated carbocycles. The Bertz CT molecular complexity index is 512. The van der Waals surface area contributed by atoms with Crippen molar-refractivity contribution in [3.63, 3.8) is 0 Å². The highest BCUT2D eigenvalue weighted by molar-refractivity contribution is 5.29. The molecule has 1 N–H and O–H groups in total. The van der Waals surface area contributed by atoms with E-state index >= 15 is 0 Å². The molecule has 0 heterocycles. The first-order chi connectivity index (χ1) is 10.7. The third-order valence-electron chi connectivity index (χ3n) is 3.67. The quantitative estimate of drug-likeness (QED) is 0.775. The van der Waals surface area contributed by atoms with Crippen LogP contribution in [-0.2, 0) is 0 Å². The third kappa shape index (κ3) is 7.24. The zero-order valence-electron chi connectivity index (χ0n) is 14.0. The molecule has 0 fully saturated rings. The van der Waals surface area contributed by atoms with Crippen LogP contribution >= 0.6 is 0 Å². The molecule has 0 saturated heterocycles. The van der Waals surface area contributed by atoms with Crippen LogP contribution in [0.2, 0.25) is 0 Å². The van der Waals surface area contributed by atoms with Gasteiger partial charge in [0.25, 0.3) is 0 Å². The summed E-state index contributed by atoms with van der Waals surface area (Å²) in [6.07, 6.45) is 22.4. The summed E-state index contributed by atoms with van der Waals surface area (Å²) >= 11 is 0. The second-order valence-corrected chi connectivity index (χ2v) is 5.70. The Kier molecular flexibility index (Phi) is 8.95. The fourth-order valence-electron chi connectivity index (χ4n) is 2.67. The lowest BCUT2D eigenvalue weighted by atomic mass is 9.99. The van der Waals surface area contributed by atoms with Crippen molar-refractivity contribution in [2.24, 2.45) is 0 Å². The number of nitrogens with zero attached hydrogens (tertiary/aromatic N) is 1. The van der Waals surface area contributed by atoms with Crippen LogP contribution < -0.4 is 5.32 Å². The normalized spacial score (nSPS) is 19.0. The molecule has 0 bridgehead atoms. The predicted octanol–water partition coefficient (Wildman–Crippen LogP) is 4.99. The summed E-state index contributed by atoms with van der Waals surface area (Å²) in [5.41, 5.74) is 2.87. The molecule has 0 amide bonds. The summed E-state index contributed by atoms with van der Waals surface area (Å²) < 4.78 is 0. The second kappa shape index (κ2) is 10.8. The summed E-state index contributed by atoms with van der Waals surface area (Å²) in [4.78, 5) is 0. The molecule has 2 atom stereocenters. The van der Waals surface area contributed by atoms with Crippen LogP contribution in [0.4, 0.5) is 0 Å². The molecule has 22 heavy (non-hydrogen) atoms. The fourth-order valence-corrected chi connectivity index (χ4v) is 2.67. The molecule has 2 aliphatic rings. The minimum absolute atomic E-state index is 0.444. The highest BCUT2D eigenvalue weighted by Crippen LogP contribution is 2.16. The lowest BCUT2D eigenvalue weighted by Crippen LogP contribution is -2.35. The van der Waals surface area contributed by atoms with Gasteiger partial charge in [0, 0.05) is 19.0 Å². The van der Waals surface area contributed by atoms with Gasteiger partial charge in [-0.3, -0.25) is 0 Å². The van der Waals surface area contributed by atoms with Crippen LogP contribution in [0.3, 0.4) is 0 Å². The Balaban J connectivity index is 0.000000745. The van der Waals surface area contributed by atoms with Crippen molar-refractivity contribution in [3.8, 4) is 6.07 Å². The van der Waals surface area contributed by atoms with E-state index in [9.17, 15) is 0 Å². The monoisotopic (exact) mass is 296 g/mol. The number of allylic oxidation sites excluding steroid dienone is 7. The molecule has 2 unspecified atom stereocenters. The van der Waals surface area contributed by atoms with E-state index < -0.39 is 0 Å². The van der Waals surface area contributed by atoms with Gasteiger partial charge < -0.3 is 5.32 Å². The molecule has 0 aromatic rings. The van der Waals surface area contributed by atoms with Gasteiger partial charge in [0.1, 0.15) is 0 Å². The predicted molar refractivity (Wildman–Crippen MR) is 95.4 cm³/mol. The van der Waals surface area contributed by atoms with Crippen molar-refractivity contribution < 1.29 is 0 Å². The van der Waals surface area contributed by atoms with Crippen molar-refractivity contribution in [2.75, 3.05) is 0 Å². The Hall–Kier alpha value is -1.85. The average Bonchev–Trinajstić information content (AvgIpc) is 2.77. The summed E-state index contributed by atoms with van der Waals surface area (Å²) in [5, 5.41) is 11.0. The van der Waals surface area contributed by atoms with Crippen molar-refractivity contribution >= 4 is 0 Å². The molecular weight excluding hydrogens is 268 g/mol. The van der Waals surface area contributed by atoms with E-state index in [0.29, 0.717) is 12.1 Å². The first-order valence-electron chi connectivity index (χ1n) is 8.13. The molecule has 2 heteroatoms. The van der Waals surface area contributed by atoms with Crippen LogP contribution in [0.5, 0.6) is 0 Å². The summed E-state index contributed by atoms with van der Waals surface area (Å²) in [7, 11) is 0. The number of hydrogen-bond acceptors (Lipinski definition) is 2. The zero-order valence-corrected chi connectivity index (χ0v) is 14.0. The van der Waals surface area contributed by atoms with Crippen LogP contribution in [0.1, 0.15) is 46.5 Å². The molecule has 2 nitrogen and oxygen atoms in total. The molecule has 0 spiro atoms. The van der Waals surface area contributed by atoms with E-state index in [1.807, 2.05) is 0 Å². The van der Waals surface area contributed by atoms with Crippen LogP contribution in [-0.4, -0.2) is 12.1 Å². The maximum absolute atomic E-state index is 7.32. The van der Waals surface area contributed by atoms with Gasteiger partial charge in [0.15, 0.2) is 0 Å². The van der Waals surface area contributed by atoms with Crippen LogP contribution in [0, 0.1) is 11.3 Å². The molecule has 0 aromatic carbocycles. The number of rotatable bonds is 5. The van der Waals surface area contributed by atoms with Crippen molar-refractivity contribution in [1.82, 2.24) is 5.32 Å². The Morgan fingerprint density at radius 2 is 1.91 bits per heavy atom. The average molecular weight is 296 g/mol. The van der Waals surface area contributed by atoms with E-state index in [1.165, 1.54) is 30.9 Å². The van der Waals surface area contributed by atoms with Gasteiger partial charge in [0.2, 0.25) is 0 Å². The Labute approximate surface area is 135 Å². The first kappa shape index (κ1) is 18.2. The third-order valence-corrected chi connectivity index (χ3v) is 3.67. The molecular formula is C20H28N2. The van der Waals surface area contributed by atoms with Crippen molar-refractivity contribution in [3.05, 3.63) is 59.8 Å². The van der Waals surface area contributed by atoms with E-state index in [0.717, 1.165) is 12.8 Å². The van der Waals surface area contributed by atoms with Gasteiger partial charge in [-0.15, -0.1) is 0 Å². The minimum atomic E-state index is 0.444.